The molecular weight excluding hydrogens is 309 g/mol. The number of aryl methyl sites for hydroxylation is 1. The van der Waals surface area contributed by atoms with Crippen LogP contribution in [0.3, 0.4) is 0 Å². The largest absolute Gasteiger partial charge is 0.446 e. The Morgan fingerprint density at radius 2 is 1.96 bits per heavy atom. The summed E-state index contributed by atoms with van der Waals surface area (Å²) in [4.78, 5) is 15.8. The summed E-state index contributed by atoms with van der Waals surface area (Å²) < 4.78 is 42.7. The molecule has 1 heterocycles. The molecule has 0 fully saturated rings. The van der Waals surface area contributed by atoms with Gasteiger partial charge in [0.15, 0.2) is 5.89 Å². The third-order valence-corrected chi connectivity index (χ3v) is 3.23. The normalized spacial score (nSPS) is 12.9. The van der Waals surface area contributed by atoms with E-state index in [4.69, 9.17) is 4.42 Å². The van der Waals surface area contributed by atoms with Gasteiger partial charge in [0.2, 0.25) is 5.91 Å². The fourth-order valence-electron chi connectivity index (χ4n) is 2.21. The number of halogens is 3. The summed E-state index contributed by atoms with van der Waals surface area (Å²) >= 11 is 0. The van der Waals surface area contributed by atoms with Crippen LogP contribution in [0.2, 0.25) is 0 Å². The molecule has 7 heteroatoms. The monoisotopic (exact) mass is 326 g/mol. The van der Waals surface area contributed by atoms with E-state index >= 15 is 0 Å². The standard InChI is InChI=1S/C16H17F3N2O2/c1-10(21-15(22)8-14-9-20-11(2)23-14)7-12-3-5-13(6-4-12)16(17,18)19/h3-6,9-10H,7-8H2,1-2H3,(H,21,22). The Morgan fingerprint density at radius 1 is 1.30 bits per heavy atom. The second-order valence-corrected chi connectivity index (χ2v) is 5.39. The lowest BCUT2D eigenvalue weighted by molar-refractivity contribution is -0.137. The molecule has 0 aliphatic rings. The van der Waals surface area contributed by atoms with Gasteiger partial charge >= 0.3 is 6.18 Å². The third-order valence-electron chi connectivity index (χ3n) is 3.23. The molecule has 2 rings (SSSR count). The van der Waals surface area contributed by atoms with Crippen molar-refractivity contribution in [2.45, 2.75) is 38.9 Å². The van der Waals surface area contributed by atoms with E-state index in [0.717, 1.165) is 17.7 Å². The van der Waals surface area contributed by atoms with Crippen LogP contribution in [-0.2, 0) is 23.8 Å². The molecule has 0 radical (unpaired) electrons. The first-order valence-electron chi connectivity index (χ1n) is 7.11. The molecule has 1 N–H and O–H groups in total. The van der Waals surface area contributed by atoms with Gasteiger partial charge in [0.1, 0.15) is 5.76 Å². The molecule has 124 valence electrons. The van der Waals surface area contributed by atoms with Crippen molar-refractivity contribution in [2.75, 3.05) is 0 Å². The molecule has 1 aromatic heterocycles. The lowest BCUT2D eigenvalue weighted by atomic mass is 10.0. The molecule has 0 saturated heterocycles. The Bertz CT molecular complexity index is 663. The fraction of sp³-hybridized carbons (Fsp3) is 0.375. The molecule has 0 saturated carbocycles. The Labute approximate surface area is 131 Å². The van der Waals surface area contributed by atoms with Crippen molar-refractivity contribution >= 4 is 5.91 Å². The fourth-order valence-corrected chi connectivity index (χ4v) is 2.21. The molecule has 2 aromatic rings. The number of hydrogen-bond donors (Lipinski definition) is 1. The van der Waals surface area contributed by atoms with E-state index in [-0.39, 0.29) is 18.4 Å². The SMILES string of the molecule is Cc1ncc(CC(=O)NC(C)Cc2ccc(C(F)(F)F)cc2)o1. The van der Waals surface area contributed by atoms with Gasteiger partial charge in [-0.1, -0.05) is 12.1 Å². The first-order chi connectivity index (χ1) is 10.7. The quantitative estimate of drug-likeness (QED) is 0.917. The topological polar surface area (TPSA) is 55.1 Å². The molecular formula is C16H17F3N2O2. The van der Waals surface area contributed by atoms with Crippen molar-refractivity contribution < 1.29 is 22.4 Å². The lowest BCUT2D eigenvalue weighted by Crippen LogP contribution is -2.35. The molecule has 0 aliphatic carbocycles. The van der Waals surface area contributed by atoms with Gasteiger partial charge in [-0.2, -0.15) is 13.2 Å². The zero-order chi connectivity index (χ0) is 17.0. The summed E-state index contributed by atoms with van der Waals surface area (Å²) in [5.41, 5.74) is 0.0416. The van der Waals surface area contributed by atoms with Gasteiger partial charge in [-0.15, -0.1) is 0 Å². The van der Waals surface area contributed by atoms with Gasteiger partial charge in [0.05, 0.1) is 18.2 Å². The maximum atomic E-state index is 12.5. The third kappa shape index (κ3) is 5.12. The number of carbonyl (C=O) groups is 1. The van der Waals surface area contributed by atoms with Crippen LogP contribution in [0.1, 0.15) is 29.7 Å². The van der Waals surface area contributed by atoms with Crippen LogP contribution in [0.5, 0.6) is 0 Å². The smallest absolute Gasteiger partial charge is 0.416 e. The summed E-state index contributed by atoms with van der Waals surface area (Å²) in [6.07, 6.45) is -2.32. The minimum atomic E-state index is -4.34. The number of nitrogens with one attached hydrogen (secondary N) is 1. The number of benzene rings is 1. The Kier molecular flexibility index (Phi) is 5.08. The minimum Gasteiger partial charge on any atom is -0.446 e. The van der Waals surface area contributed by atoms with Crippen molar-refractivity contribution in [1.29, 1.82) is 0 Å². The molecule has 0 bridgehead atoms. The highest BCUT2D eigenvalue weighted by atomic mass is 19.4. The summed E-state index contributed by atoms with van der Waals surface area (Å²) in [7, 11) is 0. The van der Waals surface area contributed by atoms with Gasteiger partial charge in [-0.25, -0.2) is 4.98 Å². The van der Waals surface area contributed by atoms with Crippen LogP contribution in [-0.4, -0.2) is 16.9 Å². The summed E-state index contributed by atoms with van der Waals surface area (Å²) in [5, 5.41) is 2.78. The van der Waals surface area contributed by atoms with Crippen molar-refractivity contribution in [2.24, 2.45) is 0 Å². The Morgan fingerprint density at radius 3 is 2.48 bits per heavy atom. The van der Waals surface area contributed by atoms with Crippen LogP contribution in [0.25, 0.3) is 0 Å². The van der Waals surface area contributed by atoms with Crippen LogP contribution in [0.4, 0.5) is 13.2 Å². The van der Waals surface area contributed by atoms with E-state index in [1.165, 1.54) is 18.3 Å². The number of oxazole rings is 1. The van der Waals surface area contributed by atoms with Crippen molar-refractivity contribution in [3.63, 3.8) is 0 Å². The van der Waals surface area contributed by atoms with Gasteiger partial charge in [0, 0.05) is 13.0 Å². The maximum absolute atomic E-state index is 12.5. The predicted octanol–water partition coefficient (Wildman–Crippen LogP) is 3.29. The van der Waals surface area contributed by atoms with Crippen molar-refractivity contribution in [3.8, 4) is 0 Å². The molecule has 1 amide bonds. The molecule has 1 aromatic carbocycles. The average molecular weight is 326 g/mol. The Balaban J connectivity index is 1.86. The van der Waals surface area contributed by atoms with Gasteiger partial charge in [0.25, 0.3) is 0 Å². The number of nitrogens with zero attached hydrogens (tertiary/aromatic N) is 1. The van der Waals surface area contributed by atoms with Crippen LogP contribution >= 0.6 is 0 Å². The van der Waals surface area contributed by atoms with E-state index in [1.54, 1.807) is 13.8 Å². The number of hydrogen-bond acceptors (Lipinski definition) is 3. The van der Waals surface area contributed by atoms with Crippen LogP contribution in [0, 0.1) is 6.92 Å². The summed E-state index contributed by atoms with van der Waals surface area (Å²) in [5.74, 6) is 0.743. The number of amides is 1. The summed E-state index contributed by atoms with van der Waals surface area (Å²) in [6, 6.07) is 4.72. The zero-order valence-corrected chi connectivity index (χ0v) is 12.8. The van der Waals surface area contributed by atoms with Gasteiger partial charge < -0.3 is 9.73 Å². The molecule has 1 unspecified atom stereocenters. The van der Waals surface area contributed by atoms with Crippen LogP contribution in [0.15, 0.2) is 34.9 Å². The van der Waals surface area contributed by atoms with Crippen LogP contribution < -0.4 is 5.32 Å². The minimum absolute atomic E-state index is 0.0815. The second-order valence-electron chi connectivity index (χ2n) is 5.39. The number of alkyl halides is 3. The maximum Gasteiger partial charge on any atom is 0.416 e. The zero-order valence-electron chi connectivity index (χ0n) is 12.8. The average Bonchev–Trinajstić information content (AvgIpc) is 2.83. The van der Waals surface area contributed by atoms with E-state index < -0.39 is 11.7 Å². The van der Waals surface area contributed by atoms with Crippen molar-refractivity contribution in [3.05, 3.63) is 53.2 Å². The highest BCUT2D eigenvalue weighted by Crippen LogP contribution is 2.29. The number of carbonyl (C=O) groups excluding carboxylic acids is 1. The highest BCUT2D eigenvalue weighted by molar-refractivity contribution is 5.78. The molecule has 0 aliphatic heterocycles. The molecule has 23 heavy (non-hydrogen) atoms. The lowest BCUT2D eigenvalue weighted by Gasteiger charge is -2.14. The molecule has 0 spiro atoms. The van der Waals surface area contributed by atoms with E-state index in [1.807, 2.05) is 0 Å². The predicted molar refractivity (Wildman–Crippen MR) is 77.7 cm³/mol. The number of rotatable bonds is 5. The first kappa shape index (κ1) is 17.1. The molecule has 1 atom stereocenters. The van der Waals surface area contributed by atoms with Gasteiger partial charge in [-0.3, -0.25) is 4.79 Å². The summed E-state index contributed by atoms with van der Waals surface area (Å²) in [6.45, 7) is 3.48. The first-order valence-corrected chi connectivity index (χ1v) is 7.11. The van der Waals surface area contributed by atoms with E-state index in [0.29, 0.717) is 18.1 Å². The van der Waals surface area contributed by atoms with Crippen molar-refractivity contribution in [1.82, 2.24) is 10.3 Å². The highest BCUT2D eigenvalue weighted by Gasteiger charge is 2.29. The molecule has 4 nitrogen and oxygen atoms in total. The van der Waals surface area contributed by atoms with E-state index in [2.05, 4.69) is 10.3 Å². The second kappa shape index (κ2) is 6.85. The van der Waals surface area contributed by atoms with Gasteiger partial charge in [-0.05, 0) is 31.0 Å². The number of aromatic nitrogens is 1. The van der Waals surface area contributed by atoms with E-state index in [9.17, 15) is 18.0 Å². The Hall–Kier alpha value is -2.31.